The molecule has 0 atom stereocenters. The number of imidazole rings is 1. The van der Waals surface area contributed by atoms with E-state index in [2.05, 4.69) is 4.98 Å². The van der Waals surface area contributed by atoms with Gasteiger partial charge >= 0.3 is 0 Å². The first kappa shape index (κ1) is 10.7. The summed E-state index contributed by atoms with van der Waals surface area (Å²) in [5.41, 5.74) is 2.15. The molecule has 90 valence electrons. The van der Waals surface area contributed by atoms with Crippen molar-refractivity contribution in [2.75, 3.05) is 0 Å². The molecule has 1 aromatic carbocycles. The second-order valence-corrected chi connectivity index (χ2v) is 4.16. The van der Waals surface area contributed by atoms with E-state index < -0.39 is 0 Å². The minimum atomic E-state index is 0.154. The van der Waals surface area contributed by atoms with Gasteiger partial charge < -0.3 is 14.6 Å². The third kappa shape index (κ3) is 1.78. The lowest BCUT2D eigenvalue weighted by molar-refractivity contribution is 0.469. The number of rotatable bonds is 2. The topological polar surface area (TPSA) is 57.8 Å². The van der Waals surface area contributed by atoms with E-state index in [1.54, 1.807) is 28.7 Å². The van der Waals surface area contributed by atoms with Gasteiger partial charge in [0.25, 0.3) is 0 Å². The highest BCUT2D eigenvalue weighted by Crippen LogP contribution is 2.22. The Kier molecular flexibility index (Phi) is 2.41. The van der Waals surface area contributed by atoms with Gasteiger partial charge in [0.15, 0.2) is 11.4 Å². The van der Waals surface area contributed by atoms with Crippen molar-refractivity contribution in [3.05, 3.63) is 60.0 Å². The Labute approximate surface area is 104 Å². The van der Waals surface area contributed by atoms with Crippen LogP contribution in [0.25, 0.3) is 5.65 Å². The van der Waals surface area contributed by atoms with Gasteiger partial charge in [-0.2, -0.15) is 0 Å². The van der Waals surface area contributed by atoms with Crippen LogP contribution >= 0.6 is 0 Å². The zero-order valence-electron chi connectivity index (χ0n) is 9.61. The van der Waals surface area contributed by atoms with E-state index in [9.17, 15) is 10.2 Å². The molecule has 0 unspecified atom stereocenters. The number of aromatic nitrogens is 2. The molecule has 0 aliphatic heterocycles. The summed E-state index contributed by atoms with van der Waals surface area (Å²) in [6, 6.07) is 10.5. The molecule has 0 bridgehead atoms. The molecular weight excluding hydrogens is 228 g/mol. The maximum Gasteiger partial charge on any atom is 0.179 e. The Morgan fingerprint density at radius 3 is 2.56 bits per heavy atom. The van der Waals surface area contributed by atoms with Gasteiger partial charge in [-0.15, -0.1) is 0 Å². The number of hydrogen-bond acceptors (Lipinski definition) is 3. The molecule has 0 radical (unpaired) electrons. The normalized spacial score (nSPS) is 10.9. The summed E-state index contributed by atoms with van der Waals surface area (Å²) in [4.78, 5) is 4.35. The molecule has 0 fully saturated rings. The average Bonchev–Trinajstić information content (AvgIpc) is 2.76. The van der Waals surface area contributed by atoms with Crippen LogP contribution in [0.1, 0.15) is 11.3 Å². The van der Waals surface area contributed by atoms with Gasteiger partial charge in [0.05, 0.1) is 5.69 Å². The molecule has 0 saturated carbocycles. The molecule has 0 aliphatic rings. The molecule has 2 heterocycles. The van der Waals surface area contributed by atoms with Gasteiger partial charge in [-0.25, -0.2) is 4.98 Å². The highest BCUT2D eigenvalue weighted by Gasteiger charge is 2.07. The van der Waals surface area contributed by atoms with Crippen LogP contribution in [0.2, 0.25) is 0 Å². The largest absolute Gasteiger partial charge is 0.508 e. The summed E-state index contributed by atoms with van der Waals surface area (Å²) >= 11 is 0. The molecule has 2 N–H and O–H groups in total. The van der Waals surface area contributed by atoms with Gasteiger partial charge in [-0.1, -0.05) is 18.2 Å². The molecule has 4 heteroatoms. The summed E-state index contributed by atoms with van der Waals surface area (Å²) in [5.74, 6) is 0.416. The van der Waals surface area contributed by atoms with Crippen molar-refractivity contribution >= 4 is 5.65 Å². The van der Waals surface area contributed by atoms with E-state index in [0.717, 1.165) is 11.3 Å². The fourth-order valence-electron chi connectivity index (χ4n) is 1.99. The zero-order chi connectivity index (χ0) is 12.5. The molecule has 4 nitrogen and oxygen atoms in total. The minimum absolute atomic E-state index is 0.154. The second kappa shape index (κ2) is 4.07. The lowest BCUT2D eigenvalue weighted by atomic mass is 10.1. The maximum absolute atomic E-state index is 9.72. The third-order valence-corrected chi connectivity index (χ3v) is 2.88. The van der Waals surface area contributed by atoms with Crippen molar-refractivity contribution in [3.63, 3.8) is 0 Å². The summed E-state index contributed by atoms with van der Waals surface area (Å²) in [6.45, 7) is 0. The fourth-order valence-corrected chi connectivity index (χ4v) is 1.99. The first-order valence-corrected chi connectivity index (χ1v) is 5.66. The quantitative estimate of drug-likeness (QED) is 0.722. The van der Waals surface area contributed by atoms with Crippen LogP contribution in [-0.2, 0) is 6.42 Å². The van der Waals surface area contributed by atoms with Gasteiger partial charge in [0, 0.05) is 18.8 Å². The number of fused-ring (bicyclic) bond motifs is 1. The Bertz CT molecular complexity index is 704. The standard InChI is InChI=1S/C14H12N2O2/c17-12-5-2-1-4-10(12)8-11-9-16-7-3-6-13(18)14(16)15-11/h1-7,9,17-18H,8H2. The molecule has 2 aromatic heterocycles. The van der Waals surface area contributed by atoms with E-state index in [0.29, 0.717) is 12.1 Å². The molecule has 0 amide bonds. The first-order valence-electron chi connectivity index (χ1n) is 5.66. The summed E-state index contributed by atoms with van der Waals surface area (Å²) in [5, 5.41) is 19.4. The molecule has 0 spiro atoms. The molecule has 0 saturated heterocycles. The van der Waals surface area contributed by atoms with E-state index in [-0.39, 0.29) is 11.5 Å². The van der Waals surface area contributed by atoms with Crippen molar-refractivity contribution in [2.45, 2.75) is 6.42 Å². The number of benzene rings is 1. The first-order chi connectivity index (χ1) is 8.74. The van der Waals surface area contributed by atoms with Crippen molar-refractivity contribution in [3.8, 4) is 11.5 Å². The van der Waals surface area contributed by atoms with Crippen molar-refractivity contribution in [1.29, 1.82) is 0 Å². The second-order valence-electron chi connectivity index (χ2n) is 4.16. The highest BCUT2D eigenvalue weighted by atomic mass is 16.3. The van der Waals surface area contributed by atoms with Crippen molar-refractivity contribution < 1.29 is 10.2 Å². The summed E-state index contributed by atoms with van der Waals surface area (Å²) < 4.78 is 1.77. The Hall–Kier alpha value is -2.49. The van der Waals surface area contributed by atoms with Gasteiger partial charge in [0.1, 0.15) is 5.75 Å². The lowest BCUT2D eigenvalue weighted by Gasteiger charge is -2.00. The van der Waals surface area contributed by atoms with Gasteiger partial charge in [-0.3, -0.25) is 0 Å². The summed E-state index contributed by atoms with van der Waals surface area (Å²) in [6.07, 6.45) is 4.21. The van der Waals surface area contributed by atoms with Crippen LogP contribution < -0.4 is 0 Å². The number of phenolic OH excluding ortho intramolecular Hbond substituents is 1. The number of phenols is 1. The number of nitrogens with zero attached hydrogens (tertiary/aromatic N) is 2. The van der Waals surface area contributed by atoms with Crippen LogP contribution in [0.4, 0.5) is 0 Å². The fraction of sp³-hybridized carbons (Fsp3) is 0.0714. The predicted octanol–water partition coefficient (Wildman–Crippen LogP) is 2.34. The van der Waals surface area contributed by atoms with E-state index in [1.165, 1.54) is 0 Å². The SMILES string of the molecule is Oc1ccccc1Cc1cn2cccc(O)c2n1. The third-order valence-electron chi connectivity index (χ3n) is 2.88. The minimum Gasteiger partial charge on any atom is -0.508 e. The van der Waals surface area contributed by atoms with Crippen LogP contribution in [0.3, 0.4) is 0 Å². The van der Waals surface area contributed by atoms with Gasteiger partial charge in [-0.05, 0) is 23.8 Å². The number of pyridine rings is 1. The number of para-hydroxylation sites is 1. The van der Waals surface area contributed by atoms with Crippen LogP contribution in [-0.4, -0.2) is 19.6 Å². The van der Waals surface area contributed by atoms with Crippen molar-refractivity contribution in [2.24, 2.45) is 0 Å². The van der Waals surface area contributed by atoms with Gasteiger partial charge in [0.2, 0.25) is 0 Å². The Morgan fingerprint density at radius 1 is 1.00 bits per heavy atom. The lowest BCUT2D eigenvalue weighted by Crippen LogP contribution is -1.88. The zero-order valence-corrected chi connectivity index (χ0v) is 9.61. The van der Waals surface area contributed by atoms with E-state index >= 15 is 0 Å². The number of hydrogen-bond donors (Lipinski definition) is 2. The van der Waals surface area contributed by atoms with Crippen LogP contribution in [0, 0.1) is 0 Å². The molecule has 0 aliphatic carbocycles. The molecule has 3 rings (SSSR count). The highest BCUT2D eigenvalue weighted by molar-refractivity contribution is 5.53. The van der Waals surface area contributed by atoms with Crippen LogP contribution in [0.5, 0.6) is 11.5 Å². The molecular formula is C14H12N2O2. The van der Waals surface area contributed by atoms with Crippen LogP contribution in [0.15, 0.2) is 48.8 Å². The monoisotopic (exact) mass is 240 g/mol. The maximum atomic E-state index is 9.72. The van der Waals surface area contributed by atoms with E-state index in [1.807, 2.05) is 24.5 Å². The molecule has 3 aromatic rings. The Morgan fingerprint density at radius 2 is 1.78 bits per heavy atom. The van der Waals surface area contributed by atoms with Crippen molar-refractivity contribution in [1.82, 2.24) is 9.38 Å². The predicted molar refractivity (Wildman–Crippen MR) is 67.8 cm³/mol. The summed E-state index contributed by atoms with van der Waals surface area (Å²) in [7, 11) is 0. The van der Waals surface area contributed by atoms with E-state index in [4.69, 9.17) is 0 Å². The number of aromatic hydroxyl groups is 2. The smallest absolute Gasteiger partial charge is 0.179 e. The Balaban J connectivity index is 2.01. The molecule has 18 heavy (non-hydrogen) atoms. The average molecular weight is 240 g/mol.